The summed E-state index contributed by atoms with van der Waals surface area (Å²) in [5.74, 6) is 0.196. The Morgan fingerprint density at radius 3 is 2.75 bits per heavy atom. The number of aromatic nitrogens is 4. The summed E-state index contributed by atoms with van der Waals surface area (Å²) >= 11 is 1.56. The number of fused-ring (bicyclic) bond motifs is 1. The summed E-state index contributed by atoms with van der Waals surface area (Å²) in [6, 6.07) is 10.7. The average Bonchev–Trinajstić information content (AvgIpc) is 3.18. The van der Waals surface area contributed by atoms with Crippen molar-refractivity contribution < 1.29 is 9.18 Å². The van der Waals surface area contributed by atoms with Crippen molar-refractivity contribution in [2.24, 2.45) is 5.92 Å². The summed E-state index contributed by atoms with van der Waals surface area (Å²) in [7, 11) is 0. The summed E-state index contributed by atoms with van der Waals surface area (Å²) in [5.41, 5.74) is 3.90. The predicted octanol–water partition coefficient (Wildman–Crippen LogP) is 3.70. The van der Waals surface area contributed by atoms with Crippen LogP contribution in [0.15, 0.2) is 46.7 Å². The molecule has 4 aromatic rings. The molecule has 162 valence electrons. The second-order valence-corrected chi connectivity index (χ2v) is 9.35. The number of amides is 1. The van der Waals surface area contributed by atoms with E-state index < -0.39 is 11.5 Å². The summed E-state index contributed by atoms with van der Waals surface area (Å²) in [5, 5.41) is 6.65. The van der Waals surface area contributed by atoms with Gasteiger partial charge < -0.3 is 4.90 Å². The van der Waals surface area contributed by atoms with E-state index in [9.17, 15) is 9.59 Å². The highest BCUT2D eigenvalue weighted by molar-refractivity contribution is 7.16. The Hall–Kier alpha value is -3.33. The Bertz CT molecular complexity index is 1400. The van der Waals surface area contributed by atoms with Gasteiger partial charge in [0.15, 0.2) is 0 Å². The lowest BCUT2D eigenvalue weighted by atomic mass is 10.0. The number of benzene rings is 2. The molecule has 0 spiro atoms. The van der Waals surface area contributed by atoms with E-state index in [2.05, 4.69) is 15.2 Å². The molecule has 0 radical (unpaired) electrons. The minimum absolute atomic E-state index is 0.109. The van der Waals surface area contributed by atoms with Crippen molar-refractivity contribution in [2.75, 3.05) is 13.1 Å². The van der Waals surface area contributed by atoms with Gasteiger partial charge in [-0.15, -0.1) is 11.3 Å². The van der Waals surface area contributed by atoms with Crippen molar-refractivity contribution in [3.63, 3.8) is 0 Å². The number of nitrogens with one attached hydrogen (secondary N) is 1. The molecule has 32 heavy (non-hydrogen) atoms. The lowest BCUT2D eigenvalue weighted by molar-refractivity contribution is -0.131. The van der Waals surface area contributed by atoms with Gasteiger partial charge in [0.25, 0.3) is 0 Å². The number of nitrogens with zero attached hydrogens (tertiary/aromatic N) is 4. The van der Waals surface area contributed by atoms with E-state index in [0.29, 0.717) is 30.9 Å². The summed E-state index contributed by atoms with van der Waals surface area (Å²) < 4.78 is 17.6. The monoisotopic (exact) mass is 449 g/mol. The summed E-state index contributed by atoms with van der Waals surface area (Å²) in [4.78, 5) is 31.1. The molecule has 2 aromatic carbocycles. The molecule has 1 aliphatic carbocycles. The van der Waals surface area contributed by atoms with Gasteiger partial charge in [-0.2, -0.15) is 5.10 Å². The summed E-state index contributed by atoms with van der Waals surface area (Å²) in [6.45, 7) is 1.15. The first-order valence-corrected chi connectivity index (χ1v) is 11.6. The SMILES string of the molecule is O=C(C1CC1)N1CCC(c2n[nH]c(=O)n2-c2ccc(-c3ccc4scnc4c3)cc2F)C1. The zero-order valence-corrected chi connectivity index (χ0v) is 17.9. The maximum atomic E-state index is 15.2. The largest absolute Gasteiger partial charge is 0.348 e. The molecule has 6 rings (SSSR count). The Kier molecular flexibility index (Phi) is 4.46. The van der Waals surface area contributed by atoms with Crippen LogP contribution in [-0.4, -0.2) is 43.6 Å². The number of carbonyl (C=O) groups is 1. The van der Waals surface area contributed by atoms with Gasteiger partial charge in [0.1, 0.15) is 11.6 Å². The Balaban J connectivity index is 1.32. The number of halogens is 1. The number of rotatable bonds is 4. The fourth-order valence-electron chi connectivity index (χ4n) is 4.48. The first-order chi connectivity index (χ1) is 15.6. The average molecular weight is 450 g/mol. The van der Waals surface area contributed by atoms with Crippen LogP contribution in [-0.2, 0) is 4.79 Å². The van der Waals surface area contributed by atoms with Gasteiger partial charge in [0, 0.05) is 24.9 Å². The molecule has 1 aliphatic heterocycles. The Morgan fingerprint density at radius 2 is 1.94 bits per heavy atom. The van der Waals surface area contributed by atoms with Crippen LogP contribution in [0.3, 0.4) is 0 Å². The van der Waals surface area contributed by atoms with Crippen LogP contribution in [0.4, 0.5) is 4.39 Å². The molecule has 9 heteroatoms. The van der Waals surface area contributed by atoms with Gasteiger partial charge in [-0.05, 0) is 54.7 Å². The third kappa shape index (κ3) is 3.24. The van der Waals surface area contributed by atoms with E-state index >= 15 is 4.39 Å². The standard InChI is InChI=1S/C23H20FN5O2S/c24-17-9-14(15-4-6-20-18(10-15)25-12-32-20)3-5-19(17)29-21(26-27-23(29)31)16-7-8-28(11-16)22(30)13-1-2-13/h3-6,9-10,12-13,16H,1-2,7-8,11H2,(H,27,31). The normalized spacial score (nSPS) is 18.5. The second kappa shape index (κ2) is 7.37. The number of carbonyl (C=O) groups excluding carboxylic acids is 1. The molecule has 1 amide bonds. The minimum atomic E-state index is -0.505. The fourth-order valence-corrected chi connectivity index (χ4v) is 5.14. The Morgan fingerprint density at radius 1 is 1.12 bits per heavy atom. The molecule has 2 aromatic heterocycles. The first-order valence-electron chi connectivity index (χ1n) is 10.7. The molecule has 7 nitrogen and oxygen atoms in total. The third-order valence-corrected chi connectivity index (χ3v) is 7.15. The zero-order valence-electron chi connectivity index (χ0n) is 17.1. The van der Waals surface area contributed by atoms with Crippen molar-refractivity contribution in [3.05, 3.63) is 64.0 Å². The molecule has 1 saturated carbocycles. The maximum absolute atomic E-state index is 15.2. The van der Waals surface area contributed by atoms with Crippen LogP contribution in [0.5, 0.6) is 0 Å². The molecule has 1 unspecified atom stereocenters. The number of thiazole rings is 1. The zero-order chi connectivity index (χ0) is 21.8. The topological polar surface area (TPSA) is 83.9 Å². The lowest BCUT2D eigenvalue weighted by Gasteiger charge is -2.16. The van der Waals surface area contributed by atoms with Gasteiger partial charge in [-0.25, -0.2) is 23.8 Å². The number of aromatic amines is 1. The quantitative estimate of drug-likeness (QED) is 0.515. The third-order valence-electron chi connectivity index (χ3n) is 6.34. The van der Waals surface area contributed by atoms with Gasteiger partial charge in [0.05, 0.1) is 21.4 Å². The molecule has 1 saturated heterocycles. The van der Waals surface area contributed by atoms with Crippen molar-refractivity contribution in [1.29, 1.82) is 0 Å². The molecule has 2 fully saturated rings. The van der Waals surface area contributed by atoms with Crippen LogP contribution in [0.1, 0.15) is 31.0 Å². The van der Waals surface area contributed by atoms with Crippen LogP contribution >= 0.6 is 11.3 Å². The van der Waals surface area contributed by atoms with Gasteiger partial charge >= 0.3 is 5.69 Å². The highest BCUT2D eigenvalue weighted by atomic mass is 32.1. The Labute approximate surface area is 186 Å². The second-order valence-electron chi connectivity index (χ2n) is 8.47. The van der Waals surface area contributed by atoms with E-state index in [-0.39, 0.29) is 23.4 Å². The van der Waals surface area contributed by atoms with E-state index in [4.69, 9.17) is 0 Å². The van der Waals surface area contributed by atoms with Crippen LogP contribution in [0.25, 0.3) is 27.0 Å². The number of hydrogen-bond donors (Lipinski definition) is 1. The van der Waals surface area contributed by atoms with E-state index in [1.807, 2.05) is 23.1 Å². The van der Waals surface area contributed by atoms with Crippen LogP contribution < -0.4 is 5.69 Å². The first kappa shape index (κ1) is 19.4. The molecular formula is C23H20FN5O2S. The van der Waals surface area contributed by atoms with E-state index in [0.717, 1.165) is 28.6 Å². The van der Waals surface area contributed by atoms with Crippen molar-refractivity contribution in [2.45, 2.75) is 25.2 Å². The van der Waals surface area contributed by atoms with Crippen molar-refractivity contribution in [1.82, 2.24) is 24.6 Å². The smallest absolute Gasteiger partial charge is 0.342 e. The molecule has 3 heterocycles. The van der Waals surface area contributed by atoms with Crippen LogP contribution in [0.2, 0.25) is 0 Å². The van der Waals surface area contributed by atoms with E-state index in [1.165, 1.54) is 10.6 Å². The molecule has 1 atom stereocenters. The van der Waals surface area contributed by atoms with Gasteiger partial charge in [-0.3, -0.25) is 4.79 Å². The van der Waals surface area contributed by atoms with Crippen LogP contribution in [0, 0.1) is 11.7 Å². The molecule has 2 aliphatic rings. The van der Waals surface area contributed by atoms with Gasteiger partial charge in [0.2, 0.25) is 5.91 Å². The lowest BCUT2D eigenvalue weighted by Crippen LogP contribution is -2.30. The molecular weight excluding hydrogens is 429 g/mol. The number of hydrogen-bond acceptors (Lipinski definition) is 5. The van der Waals surface area contributed by atoms with Crippen molar-refractivity contribution in [3.8, 4) is 16.8 Å². The summed E-state index contributed by atoms with van der Waals surface area (Å²) in [6.07, 6.45) is 2.62. The number of likely N-dealkylation sites (tertiary alicyclic amines) is 1. The predicted molar refractivity (Wildman–Crippen MR) is 119 cm³/mol. The molecule has 0 bridgehead atoms. The van der Waals surface area contributed by atoms with E-state index in [1.54, 1.807) is 29.0 Å². The maximum Gasteiger partial charge on any atom is 0.348 e. The molecule has 1 N–H and O–H groups in total. The minimum Gasteiger partial charge on any atom is -0.342 e. The van der Waals surface area contributed by atoms with Crippen molar-refractivity contribution >= 4 is 27.5 Å². The fraction of sp³-hybridized carbons (Fsp3) is 0.304. The van der Waals surface area contributed by atoms with Gasteiger partial charge in [-0.1, -0.05) is 12.1 Å². The number of H-pyrrole nitrogens is 1. The highest BCUT2D eigenvalue weighted by Crippen LogP contribution is 2.35. The highest BCUT2D eigenvalue weighted by Gasteiger charge is 2.38.